The van der Waals surface area contributed by atoms with Crippen LogP contribution in [0.3, 0.4) is 0 Å². The molecule has 0 aliphatic heterocycles. The first-order valence-electron chi connectivity index (χ1n) is 5.73. The molecule has 0 fully saturated rings. The van der Waals surface area contributed by atoms with Crippen LogP contribution < -0.4 is 10.5 Å². The highest BCUT2D eigenvalue weighted by atomic mass is 79.9. The van der Waals surface area contributed by atoms with Crippen LogP contribution in [0.15, 0.2) is 21.5 Å². The summed E-state index contributed by atoms with van der Waals surface area (Å²) in [6, 6.07) is 1.75. The van der Waals surface area contributed by atoms with Gasteiger partial charge in [-0.05, 0) is 34.5 Å². The molecule has 0 radical (unpaired) electrons. The lowest BCUT2D eigenvalue weighted by atomic mass is 10.2. The molecule has 0 saturated carbocycles. The second-order valence-corrected chi connectivity index (χ2v) is 8.13. The van der Waals surface area contributed by atoms with Crippen LogP contribution in [0.5, 0.6) is 0 Å². The van der Waals surface area contributed by atoms with Gasteiger partial charge in [-0.25, -0.2) is 17.9 Å². The number of halogens is 2. The number of carbonyl (C=O) groups is 1. The van der Waals surface area contributed by atoms with Crippen molar-refractivity contribution < 1.29 is 21.8 Å². The molecule has 1 amide bonds. The number of nitrogens with two attached hydrogens (primary N) is 1. The van der Waals surface area contributed by atoms with E-state index in [1.54, 1.807) is 0 Å². The average molecular weight is 401 g/mol. The molecule has 0 spiro atoms. The number of sulfonamides is 1. The van der Waals surface area contributed by atoms with E-state index in [9.17, 15) is 21.8 Å². The van der Waals surface area contributed by atoms with Gasteiger partial charge >= 0.3 is 0 Å². The summed E-state index contributed by atoms with van der Waals surface area (Å²) in [5, 5.41) is 7.41. The lowest BCUT2D eigenvalue weighted by Crippen LogP contribution is -2.27. The summed E-state index contributed by atoms with van der Waals surface area (Å²) in [7, 11) is -5.05. The van der Waals surface area contributed by atoms with E-state index in [1.807, 2.05) is 0 Å². The van der Waals surface area contributed by atoms with E-state index in [4.69, 9.17) is 5.14 Å². The van der Waals surface area contributed by atoms with E-state index >= 15 is 0 Å². The molecule has 0 heterocycles. The number of amides is 1. The number of hydrogen-bond acceptors (Lipinski definition) is 4. The van der Waals surface area contributed by atoms with E-state index < -0.39 is 38.1 Å². The molecule has 10 heteroatoms. The molecule has 118 valence electrons. The molecule has 1 aromatic carbocycles. The highest BCUT2D eigenvalue weighted by Gasteiger charge is 2.20. The monoisotopic (exact) mass is 400 g/mol. The van der Waals surface area contributed by atoms with Gasteiger partial charge in [0.1, 0.15) is 5.82 Å². The maximum absolute atomic E-state index is 13.7. The predicted octanol–water partition coefficient (Wildman–Crippen LogP) is 0.734. The maximum Gasteiger partial charge on any atom is 0.254 e. The average Bonchev–Trinajstić information content (AvgIpc) is 2.32. The molecule has 0 aromatic heterocycles. The first kappa shape index (κ1) is 18.2. The van der Waals surface area contributed by atoms with Crippen molar-refractivity contribution in [2.24, 2.45) is 5.14 Å². The third-order valence-corrected chi connectivity index (χ3v) is 5.20. The highest BCUT2D eigenvalue weighted by Crippen LogP contribution is 2.24. The second-order valence-electron chi connectivity index (χ2n) is 4.19. The van der Waals surface area contributed by atoms with Gasteiger partial charge in [0.2, 0.25) is 10.0 Å². The summed E-state index contributed by atoms with van der Waals surface area (Å²) >= 11 is 2.88. The largest absolute Gasteiger partial charge is 0.352 e. The lowest BCUT2D eigenvalue weighted by molar-refractivity contribution is 0.0949. The van der Waals surface area contributed by atoms with Crippen molar-refractivity contribution in [3.63, 3.8) is 0 Å². The van der Waals surface area contributed by atoms with Gasteiger partial charge in [-0.1, -0.05) is 0 Å². The van der Waals surface area contributed by atoms with Crippen LogP contribution in [-0.2, 0) is 20.8 Å². The molecule has 0 aliphatic carbocycles. The molecular formula is C11H14BrFN2O4S2. The summed E-state index contributed by atoms with van der Waals surface area (Å²) in [5.74, 6) is -1.22. The van der Waals surface area contributed by atoms with Crippen molar-refractivity contribution in [2.45, 2.75) is 11.3 Å². The predicted molar refractivity (Wildman–Crippen MR) is 81.4 cm³/mol. The number of carbonyl (C=O) groups excluding carboxylic acids is 1. The zero-order valence-corrected chi connectivity index (χ0v) is 14.3. The Balaban J connectivity index is 2.92. The summed E-state index contributed by atoms with van der Waals surface area (Å²) in [6.07, 6.45) is 2.00. The van der Waals surface area contributed by atoms with Crippen LogP contribution in [0.4, 0.5) is 4.39 Å². The van der Waals surface area contributed by atoms with Gasteiger partial charge in [-0.3, -0.25) is 9.00 Å². The molecule has 6 nitrogen and oxygen atoms in total. The van der Waals surface area contributed by atoms with Crippen molar-refractivity contribution in [1.82, 2.24) is 5.32 Å². The molecule has 1 rings (SSSR count). The van der Waals surface area contributed by atoms with E-state index in [1.165, 1.54) is 6.26 Å². The summed E-state index contributed by atoms with van der Waals surface area (Å²) in [6.45, 7) is 0.207. The number of primary sulfonamides is 1. The zero-order valence-electron chi connectivity index (χ0n) is 11.1. The lowest BCUT2D eigenvalue weighted by Gasteiger charge is -2.09. The maximum atomic E-state index is 13.7. The van der Waals surface area contributed by atoms with Crippen molar-refractivity contribution in [1.29, 1.82) is 0 Å². The van der Waals surface area contributed by atoms with Gasteiger partial charge in [-0.2, -0.15) is 0 Å². The van der Waals surface area contributed by atoms with E-state index in [0.29, 0.717) is 12.2 Å². The minimum Gasteiger partial charge on any atom is -0.352 e. The summed E-state index contributed by atoms with van der Waals surface area (Å²) in [4.78, 5) is 11.5. The Morgan fingerprint density at radius 1 is 1.48 bits per heavy atom. The van der Waals surface area contributed by atoms with Gasteiger partial charge in [-0.15, -0.1) is 0 Å². The molecule has 1 atom stereocenters. The number of rotatable bonds is 6. The van der Waals surface area contributed by atoms with Gasteiger partial charge in [0.05, 0.1) is 10.5 Å². The van der Waals surface area contributed by atoms with Crippen molar-refractivity contribution in [3.05, 3.63) is 28.0 Å². The minimum atomic E-state index is -4.08. The third kappa shape index (κ3) is 5.46. The fourth-order valence-electron chi connectivity index (χ4n) is 1.49. The normalized spacial score (nSPS) is 13.0. The summed E-state index contributed by atoms with van der Waals surface area (Å²) < 4.78 is 47.2. The van der Waals surface area contributed by atoms with Gasteiger partial charge in [0.25, 0.3) is 5.91 Å². The van der Waals surface area contributed by atoms with Crippen LogP contribution in [-0.4, -0.2) is 37.1 Å². The van der Waals surface area contributed by atoms with Crippen molar-refractivity contribution in [3.8, 4) is 0 Å². The Hall–Kier alpha value is -0.840. The Morgan fingerprint density at radius 3 is 2.62 bits per heavy atom. The van der Waals surface area contributed by atoms with Crippen molar-refractivity contribution >= 4 is 42.7 Å². The SMILES string of the molecule is CS(=O)CCCNC(=O)c1cc(S(N)(=O)=O)c(Br)cc1F. The van der Waals surface area contributed by atoms with E-state index in [-0.39, 0.29) is 15.9 Å². The van der Waals surface area contributed by atoms with Crippen LogP contribution in [0.2, 0.25) is 0 Å². The zero-order chi connectivity index (χ0) is 16.2. The molecular weight excluding hydrogens is 387 g/mol. The minimum absolute atomic E-state index is 0.0552. The fourth-order valence-corrected chi connectivity index (χ4v) is 3.65. The highest BCUT2D eigenvalue weighted by molar-refractivity contribution is 9.10. The third-order valence-electron chi connectivity index (χ3n) is 2.47. The smallest absolute Gasteiger partial charge is 0.254 e. The standard InChI is InChI=1S/C11H14BrFN2O4S2/c1-20(17)4-2-3-15-11(16)7-5-10(21(14,18)19)8(12)6-9(7)13/h5-6H,2-4H2,1H3,(H,15,16)(H2,14,18,19). The second kappa shape index (κ2) is 7.43. The van der Waals surface area contributed by atoms with Gasteiger partial charge in [0.15, 0.2) is 0 Å². The Kier molecular flexibility index (Phi) is 6.44. The first-order valence-corrected chi connectivity index (χ1v) is 9.79. The van der Waals surface area contributed by atoms with Crippen LogP contribution in [0.25, 0.3) is 0 Å². The fraction of sp³-hybridized carbons (Fsp3) is 0.364. The van der Waals surface area contributed by atoms with Crippen molar-refractivity contribution in [2.75, 3.05) is 18.6 Å². The molecule has 1 unspecified atom stereocenters. The van der Waals surface area contributed by atoms with Gasteiger partial charge in [0, 0.05) is 33.8 Å². The Bertz CT molecular complexity index is 679. The first-order chi connectivity index (χ1) is 9.62. The number of hydrogen-bond donors (Lipinski definition) is 2. The van der Waals surface area contributed by atoms with E-state index in [2.05, 4.69) is 21.2 Å². The number of benzene rings is 1. The van der Waals surface area contributed by atoms with Crippen LogP contribution in [0.1, 0.15) is 16.8 Å². The molecule has 0 saturated heterocycles. The van der Waals surface area contributed by atoms with Crippen LogP contribution in [0, 0.1) is 5.82 Å². The number of nitrogens with one attached hydrogen (secondary N) is 1. The van der Waals surface area contributed by atoms with E-state index in [0.717, 1.165) is 12.1 Å². The molecule has 0 aliphatic rings. The molecule has 1 aromatic rings. The Labute approximate surface area is 132 Å². The molecule has 3 N–H and O–H groups in total. The Morgan fingerprint density at radius 2 is 2.10 bits per heavy atom. The summed E-state index contributed by atoms with van der Waals surface area (Å²) in [5.41, 5.74) is -0.417. The topological polar surface area (TPSA) is 106 Å². The quantitative estimate of drug-likeness (QED) is 0.686. The van der Waals surface area contributed by atoms with Gasteiger partial charge < -0.3 is 5.32 Å². The molecule has 21 heavy (non-hydrogen) atoms. The van der Waals surface area contributed by atoms with Crippen LogP contribution >= 0.6 is 15.9 Å². The molecule has 0 bridgehead atoms.